The first kappa shape index (κ1) is 25.6. The molecule has 0 saturated carbocycles. The normalized spacial score (nSPS) is 10.9. The third-order valence-corrected chi connectivity index (χ3v) is 6.79. The number of Topliss-reactive ketones (excluding diaryl/α,β-unsaturated/α-hetero) is 1. The topological polar surface area (TPSA) is 113 Å². The van der Waals surface area contributed by atoms with Gasteiger partial charge in [0.25, 0.3) is 0 Å². The quantitative estimate of drug-likeness (QED) is 0.248. The predicted octanol–water partition coefficient (Wildman–Crippen LogP) is 5.42. The van der Waals surface area contributed by atoms with E-state index in [-0.39, 0.29) is 17.8 Å². The van der Waals surface area contributed by atoms with Crippen molar-refractivity contribution in [3.05, 3.63) is 101 Å². The van der Waals surface area contributed by atoms with Gasteiger partial charge in [0.2, 0.25) is 0 Å². The van der Waals surface area contributed by atoms with Crippen LogP contribution < -0.4 is 10.2 Å². The van der Waals surface area contributed by atoms with E-state index in [9.17, 15) is 14.7 Å². The van der Waals surface area contributed by atoms with E-state index in [1.54, 1.807) is 29.0 Å². The van der Waals surface area contributed by atoms with Crippen LogP contribution in [0.4, 0.5) is 17.2 Å². The van der Waals surface area contributed by atoms with E-state index in [0.717, 1.165) is 28.9 Å². The van der Waals surface area contributed by atoms with E-state index < -0.39 is 5.97 Å². The van der Waals surface area contributed by atoms with E-state index in [2.05, 4.69) is 27.2 Å². The first-order valence-corrected chi connectivity index (χ1v) is 12.6. The van der Waals surface area contributed by atoms with Crippen molar-refractivity contribution in [3.63, 3.8) is 0 Å². The number of aromatic carboxylic acids is 1. The molecule has 2 heterocycles. The van der Waals surface area contributed by atoms with Crippen LogP contribution in [0.2, 0.25) is 0 Å². The zero-order valence-corrected chi connectivity index (χ0v) is 21.9. The van der Waals surface area contributed by atoms with E-state index in [0.29, 0.717) is 28.5 Å². The van der Waals surface area contributed by atoms with Gasteiger partial charge < -0.3 is 15.3 Å². The first-order chi connectivity index (χ1) is 18.8. The number of hydrogen-bond acceptors (Lipinski definition) is 7. The second-order valence-electron chi connectivity index (χ2n) is 9.24. The number of fused-ring (bicyclic) bond motifs is 1. The van der Waals surface area contributed by atoms with Crippen molar-refractivity contribution in [2.24, 2.45) is 0 Å². The zero-order chi connectivity index (χ0) is 27.5. The third-order valence-electron chi connectivity index (χ3n) is 6.79. The lowest BCUT2D eigenvalue weighted by molar-refractivity contribution is 0.0696. The molecule has 5 aromatic rings. The summed E-state index contributed by atoms with van der Waals surface area (Å²) in [6.45, 7) is 4.94. The van der Waals surface area contributed by atoms with Crippen LogP contribution in [0.3, 0.4) is 0 Å². The van der Waals surface area contributed by atoms with Crippen molar-refractivity contribution in [1.82, 2.24) is 19.6 Å². The highest BCUT2D eigenvalue weighted by atomic mass is 16.4. The molecule has 0 unspecified atom stereocenters. The van der Waals surface area contributed by atoms with E-state index in [4.69, 9.17) is 4.98 Å². The number of imidazole rings is 1. The fourth-order valence-electron chi connectivity index (χ4n) is 4.33. The summed E-state index contributed by atoms with van der Waals surface area (Å²) in [6.07, 6.45) is 3.64. The van der Waals surface area contributed by atoms with Crippen LogP contribution in [0.5, 0.6) is 0 Å². The molecule has 0 aliphatic carbocycles. The lowest BCUT2D eigenvalue weighted by Crippen LogP contribution is -2.15. The number of carbonyl (C=O) groups is 2. The van der Waals surface area contributed by atoms with Gasteiger partial charge in [0.05, 0.1) is 5.56 Å². The van der Waals surface area contributed by atoms with Gasteiger partial charge in [-0.25, -0.2) is 19.3 Å². The van der Waals surface area contributed by atoms with Crippen molar-refractivity contribution in [3.8, 4) is 11.4 Å². The minimum Gasteiger partial charge on any atom is -0.478 e. The van der Waals surface area contributed by atoms with Crippen molar-refractivity contribution >= 4 is 34.6 Å². The van der Waals surface area contributed by atoms with Crippen molar-refractivity contribution in [2.45, 2.75) is 20.3 Å². The lowest BCUT2D eigenvalue weighted by atomic mass is 9.95. The number of carbonyl (C=O) groups excluding carboxylic acids is 1. The molecule has 9 heteroatoms. The van der Waals surface area contributed by atoms with Gasteiger partial charge in [-0.3, -0.25) is 4.79 Å². The smallest absolute Gasteiger partial charge is 0.335 e. The molecule has 0 amide bonds. The Hall–Kier alpha value is -5.05. The maximum Gasteiger partial charge on any atom is 0.335 e. The fourth-order valence-corrected chi connectivity index (χ4v) is 4.33. The van der Waals surface area contributed by atoms with Crippen molar-refractivity contribution in [2.75, 3.05) is 23.8 Å². The SMILES string of the molecule is CCN(C)c1ccc(C(=O)Cc2cccc(-c3nc(Nc4ccc(C(=O)O)cc4)c4nccn4n3)c2C)cc1. The molecule has 39 heavy (non-hydrogen) atoms. The number of aromatic nitrogens is 4. The van der Waals surface area contributed by atoms with Gasteiger partial charge in [0.15, 0.2) is 23.1 Å². The Morgan fingerprint density at radius 2 is 1.72 bits per heavy atom. The van der Waals surface area contributed by atoms with Crippen LogP contribution in [0.15, 0.2) is 79.1 Å². The van der Waals surface area contributed by atoms with Crippen LogP contribution in [0.1, 0.15) is 38.8 Å². The molecule has 196 valence electrons. The number of nitrogens with zero attached hydrogens (tertiary/aromatic N) is 5. The summed E-state index contributed by atoms with van der Waals surface area (Å²) < 4.78 is 1.64. The highest BCUT2D eigenvalue weighted by Gasteiger charge is 2.16. The fraction of sp³-hybridized carbons (Fsp3) is 0.167. The van der Waals surface area contributed by atoms with Crippen LogP contribution in [0, 0.1) is 6.92 Å². The second kappa shape index (κ2) is 10.7. The number of hydrogen-bond donors (Lipinski definition) is 2. The molecule has 0 spiro atoms. The summed E-state index contributed by atoms with van der Waals surface area (Å²) in [5.41, 5.74) is 5.76. The largest absolute Gasteiger partial charge is 0.478 e. The molecule has 2 aromatic heterocycles. The van der Waals surface area contributed by atoms with Gasteiger partial charge >= 0.3 is 5.97 Å². The molecule has 0 fully saturated rings. The van der Waals surface area contributed by atoms with E-state index in [1.807, 2.05) is 56.4 Å². The number of rotatable bonds is 9. The Labute approximate surface area is 225 Å². The number of nitrogens with one attached hydrogen (secondary N) is 1. The summed E-state index contributed by atoms with van der Waals surface area (Å²) >= 11 is 0. The van der Waals surface area contributed by atoms with Crippen molar-refractivity contribution in [1.29, 1.82) is 0 Å². The molecule has 0 saturated heterocycles. The summed E-state index contributed by atoms with van der Waals surface area (Å²) in [7, 11) is 2.02. The molecular formula is C30H28N6O3. The number of carboxylic acid groups (broad SMARTS) is 1. The number of carboxylic acids is 1. The monoisotopic (exact) mass is 520 g/mol. The van der Waals surface area contributed by atoms with Crippen LogP contribution in [0.25, 0.3) is 17.0 Å². The minimum absolute atomic E-state index is 0.0408. The van der Waals surface area contributed by atoms with Crippen LogP contribution in [-0.2, 0) is 6.42 Å². The van der Waals surface area contributed by atoms with Crippen LogP contribution >= 0.6 is 0 Å². The summed E-state index contributed by atoms with van der Waals surface area (Å²) in [6, 6.07) is 19.9. The molecule has 0 aliphatic heterocycles. The maximum absolute atomic E-state index is 13.1. The second-order valence-corrected chi connectivity index (χ2v) is 9.24. The molecule has 0 bridgehead atoms. The lowest BCUT2D eigenvalue weighted by Gasteiger charge is -2.17. The molecule has 3 aromatic carbocycles. The summed E-state index contributed by atoms with van der Waals surface area (Å²) in [5.74, 6) is 0.00516. The highest BCUT2D eigenvalue weighted by molar-refractivity contribution is 5.98. The van der Waals surface area contributed by atoms with Crippen LogP contribution in [-0.4, -0.2) is 50.0 Å². The van der Waals surface area contributed by atoms with Gasteiger partial charge in [0.1, 0.15) is 0 Å². The average Bonchev–Trinajstić information content (AvgIpc) is 3.43. The minimum atomic E-state index is -0.989. The third kappa shape index (κ3) is 5.33. The van der Waals surface area contributed by atoms with Gasteiger partial charge in [-0.1, -0.05) is 18.2 Å². The van der Waals surface area contributed by atoms with Gasteiger partial charge in [0, 0.05) is 54.9 Å². The Balaban J connectivity index is 1.44. The van der Waals surface area contributed by atoms with E-state index >= 15 is 0 Å². The average molecular weight is 521 g/mol. The molecule has 5 rings (SSSR count). The number of benzene rings is 3. The van der Waals surface area contributed by atoms with Crippen molar-refractivity contribution < 1.29 is 14.7 Å². The van der Waals surface area contributed by atoms with Gasteiger partial charge in [-0.15, -0.1) is 5.10 Å². The predicted molar refractivity (Wildman–Crippen MR) is 151 cm³/mol. The number of ketones is 1. The summed E-state index contributed by atoms with van der Waals surface area (Å²) in [4.78, 5) is 35.6. The molecule has 0 atom stereocenters. The molecule has 2 N–H and O–H groups in total. The number of anilines is 3. The Kier molecular flexibility index (Phi) is 7.05. The maximum atomic E-state index is 13.1. The molecule has 0 aliphatic rings. The van der Waals surface area contributed by atoms with E-state index in [1.165, 1.54) is 12.1 Å². The van der Waals surface area contributed by atoms with Gasteiger partial charge in [-0.2, -0.15) is 0 Å². The Bertz CT molecular complexity index is 1660. The zero-order valence-electron chi connectivity index (χ0n) is 21.9. The Morgan fingerprint density at radius 1 is 1.00 bits per heavy atom. The van der Waals surface area contributed by atoms with Gasteiger partial charge in [-0.05, 0) is 73.5 Å². The molecular weight excluding hydrogens is 492 g/mol. The Morgan fingerprint density at radius 3 is 2.41 bits per heavy atom. The molecule has 0 radical (unpaired) electrons. The standard InChI is InChI=1S/C30H28N6O3/c1-4-35(3)24-14-10-20(11-15-24)26(37)18-22-6-5-7-25(19(22)2)27-33-28(29-31-16-17-36(29)34-27)32-23-12-8-21(9-13-23)30(38)39/h5-17H,4,18H2,1-3H3,(H,38,39)(H,32,33,34). The first-order valence-electron chi connectivity index (χ1n) is 12.6. The molecule has 9 nitrogen and oxygen atoms in total. The summed E-state index contributed by atoms with van der Waals surface area (Å²) in [5, 5.41) is 17.1. The highest BCUT2D eigenvalue weighted by Crippen LogP contribution is 2.27.